The molecule has 0 unspecified atom stereocenters. The summed E-state index contributed by atoms with van der Waals surface area (Å²) in [6.45, 7) is 4.32. The fraction of sp³-hybridized carbons (Fsp3) is 0.350. The lowest BCUT2D eigenvalue weighted by molar-refractivity contribution is 0.101. The SMILES string of the molecule is COCCN(CCOC)c1ccc(N)cc1-c1ccc(C(C)=O)cc1. The lowest BCUT2D eigenvalue weighted by Crippen LogP contribution is -2.31. The van der Waals surface area contributed by atoms with Gasteiger partial charge in [-0.25, -0.2) is 0 Å². The van der Waals surface area contributed by atoms with Crippen LogP contribution >= 0.6 is 0 Å². The van der Waals surface area contributed by atoms with Crippen LogP contribution in [-0.2, 0) is 9.47 Å². The Labute approximate surface area is 149 Å². The van der Waals surface area contributed by atoms with E-state index in [-0.39, 0.29) is 5.78 Å². The van der Waals surface area contributed by atoms with Gasteiger partial charge in [0.2, 0.25) is 0 Å². The molecule has 0 fully saturated rings. The van der Waals surface area contributed by atoms with E-state index in [2.05, 4.69) is 4.90 Å². The van der Waals surface area contributed by atoms with Gasteiger partial charge in [0.25, 0.3) is 0 Å². The zero-order valence-electron chi connectivity index (χ0n) is 15.1. The summed E-state index contributed by atoms with van der Waals surface area (Å²) in [4.78, 5) is 13.7. The fourth-order valence-electron chi connectivity index (χ4n) is 2.70. The van der Waals surface area contributed by atoms with E-state index in [1.54, 1.807) is 21.1 Å². The highest BCUT2D eigenvalue weighted by atomic mass is 16.5. The monoisotopic (exact) mass is 342 g/mol. The Hall–Kier alpha value is -2.37. The molecule has 5 heteroatoms. The number of ketones is 1. The number of ether oxygens (including phenoxy) is 2. The van der Waals surface area contributed by atoms with E-state index in [9.17, 15) is 4.79 Å². The molecule has 0 aliphatic carbocycles. The van der Waals surface area contributed by atoms with Gasteiger partial charge in [-0.2, -0.15) is 0 Å². The van der Waals surface area contributed by atoms with Crippen LogP contribution in [0.3, 0.4) is 0 Å². The first kappa shape index (κ1) is 19.0. The number of Topliss-reactive ketones (excluding diaryl/α,β-unsaturated/α-hetero) is 1. The fourth-order valence-corrected chi connectivity index (χ4v) is 2.70. The molecule has 0 aromatic heterocycles. The van der Waals surface area contributed by atoms with Gasteiger partial charge in [0.05, 0.1) is 13.2 Å². The first-order chi connectivity index (χ1) is 12.1. The summed E-state index contributed by atoms with van der Waals surface area (Å²) in [5.74, 6) is 0.0566. The number of methoxy groups -OCH3 is 2. The molecular weight excluding hydrogens is 316 g/mol. The zero-order chi connectivity index (χ0) is 18.2. The van der Waals surface area contributed by atoms with Crippen LogP contribution in [0, 0.1) is 0 Å². The van der Waals surface area contributed by atoms with Crippen molar-refractivity contribution < 1.29 is 14.3 Å². The van der Waals surface area contributed by atoms with Gasteiger partial charge < -0.3 is 20.1 Å². The van der Waals surface area contributed by atoms with Gasteiger partial charge in [-0.1, -0.05) is 24.3 Å². The van der Waals surface area contributed by atoms with Crippen molar-refractivity contribution in [3.63, 3.8) is 0 Å². The van der Waals surface area contributed by atoms with Crippen molar-refractivity contribution in [1.82, 2.24) is 0 Å². The minimum atomic E-state index is 0.0566. The molecule has 0 aliphatic rings. The maximum Gasteiger partial charge on any atom is 0.159 e. The average molecular weight is 342 g/mol. The van der Waals surface area contributed by atoms with Crippen LogP contribution in [0.4, 0.5) is 11.4 Å². The Bertz CT molecular complexity index is 691. The molecule has 2 rings (SSSR count). The lowest BCUT2D eigenvalue weighted by atomic mass is 9.99. The molecule has 0 aliphatic heterocycles. The maximum absolute atomic E-state index is 11.5. The Morgan fingerprint density at radius 2 is 1.60 bits per heavy atom. The predicted octanol–water partition coefficient (Wildman–Crippen LogP) is 3.24. The van der Waals surface area contributed by atoms with Crippen LogP contribution < -0.4 is 10.6 Å². The molecule has 0 saturated heterocycles. The van der Waals surface area contributed by atoms with Crippen molar-refractivity contribution in [2.75, 3.05) is 51.2 Å². The maximum atomic E-state index is 11.5. The molecule has 0 saturated carbocycles. The molecule has 0 atom stereocenters. The van der Waals surface area contributed by atoms with E-state index in [1.807, 2.05) is 42.5 Å². The van der Waals surface area contributed by atoms with Crippen molar-refractivity contribution >= 4 is 17.2 Å². The number of nitrogens with zero attached hydrogens (tertiary/aromatic N) is 1. The second-order valence-electron chi connectivity index (χ2n) is 5.88. The van der Waals surface area contributed by atoms with Gasteiger partial charge in [0, 0.05) is 49.8 Å². The zero-order valence-corrected chi connectivity index (χ0v) is 15.1. The van der Waals surface area contributed by atoms with E-state index in [4.69, 9.17) is 15.2 Å². The number of nitrogens with two attached hydrogens (primary N) is 1. The van der Waals surface area contributed by atoms with Crippen molar-refractivity contribution in [2.24, 2.45) is 0 Å². The minimum absolute atomic E-state index is 0.0566. The quantitative estimate of drug-likeness (QED) is 0.560. The van der Waals surface area contributed by atoms with E-state index in [0.717, 1.165) is 29.9 Å². The number of carbonyl (C=O) groups excluding carboxylic acids is 1. The molecule has 25 heavy (non-hydrogen) atoms. The molecule has 0 amide bonds. The number of nitrogen functional groups attached to an aromatic ring is 1. The second kappa shape index (κ2) is 9.20. The second-order valence-corrected chi connectivity index (χ2v) is 5.88. The molecule has 2 N–H and O–H groups in total. The van der Waals surface area contributed by atoms with Gasteiger partial charge in [0.15, 0.2) is 5.78 Å². The summed E-state index contributed by atoms with van der Waals surface area (Å²) in [6, 6.07) is 13.5. The minimum Gasteiger partial charge on any atom is -0.399 e. The summed E-state index contributed by atoms with van der Waals surface area (Å²) in [5.41, 5.74) is 10.5. The van der Waals surface area contributed by atoms with Crippen molar-refractivity contribution in [2.45, 2.75) is 6.92 Å². The van der Waals surface area contributed by atoms with Crippen molar-refractivity contribution in [1.29, 1.82) is 0 Å². The van der Waals surface area contributed by atoms with Crippen LogP contribution in [0.25, 0.3) is 11.1 Å². The highest BCUT2D eigenvalue weighted by Crippen LogP contribution is 2.33. The van der Waals surface area contributed by atoms with Crippen LogP contribution in [0.2, 0.25) is 0 Å². The van der Waals surface area contributed by atoms with Gasteiger partial charge in [-0.3, -0.25) is 4.79 Å². The Balaban J connectivity index is 2.41. The van der Waals surface area contributed by atoms with Crippen molar-refractivity contribution in [3.8, 4) is 11.1 Å². The van der Waals surface area contributed by atoms with Crippen LogP contribution in [0.5, 0.6) is 0 Å². The van der Waals surface area contributed by atoms with E-state index < -0.39 is 0 Å². The highest BCUT2D eigenvalue weighted by Gasteiger charge is 2.13. The van der Waals surface area contributed by atoms with Gasteiger partial charge >= 0.3 is 0 Å². The van der Waals surface area contributed by atoms with Crippen molar-refractivity contribution in [3.05, 3.63) is 48.0 Å². The van der Waals surface area contributed by atoms with E-state index in [1.165, 1.54) is 0 Å². The molecule has 2 aromatic carbocycles. The molecule has 0 radical (unpaired) electrons. The number of rotatable bonds is 9. The number of hydrogen-bond donors (Lipinski definition) is 1. The number of anilines is 2. The molecule has 134 valence electrons. The smallest absolute Gasteiger partial charge is 0.159 e. The molecule has 2 aromatic rings. The Morgan fingerprint density at radius 3 is 2.12 bits per heavy atom. The molecule has 0 heterocycles. The molecule has 5 nitrogen and oxygen atoms in total. The largest absolute Gasteiger partial charge is 0.399 e. The Kier molecular flexibility index (Phi) is 6.98. The van der Waals surface area contributed by atoms with Crippen LogP contribution in [0.1, 0.15) is 17.3 Å². The summed E-state index contributed by atoms with van der Waals surface area (Å²) < 4.78 is 10.5. The van der Waals surface area contributed by atoms with E-state index in [0.29, 0.717) is 24.5 Å². The van der Waals surface area contributed by atoms with Crippen LogP contribution in [0.15, 0.2) is 42.5 Å². The molecular formula is C20H26N2O3. The predicted molar refractivity (Wildman–Crippen MR) is 102 cm³/mol. The average Bonchev–Trinajstić information content (AvgIpc) is 2.62. The first-order valence-corrected chi connectivity index (χ1v) is 8.30. The summed E-state index contributed by atoms with van der Waals surface area (Å²) in [7, 11) is 3.39. The van der Waals surface area contributed by atoms with Gasteiger partial charge in [0.1, 0.15) is 0 Å². The highest BCUT2D eigenvalue weighted by molar-refractivity contribution is 5.95. The molecule has 0 spiro atoms. The summed E-state index contributed by atoms with van der Waals surface area (Å²) in [6.07, 6.45) is 0. The summed E-state index contributed by atoms with van der Waals surface area (Å²) >= 11 is 0. The Morgan fingerprint density at radius 1 is 1.00 bits per heavy atom. The standard InChI is InChI=1S/C20H26N2O3/c1-15(23)16-4-6-17(7-5-16)19-14-18(21)8-9-20(19)22(10-12-24-2)11-13-25-3/h4-9,14H,10-13,21H2,1-3H3. The lowest BCUT2D eigenvalue weighted by Gasteiger charge is -2.27. The summed E-state index contributed by atoms with van der Waals surface area (Å²) in [5, 5.41) is 0. The topological polar surface area (TPSA) is 64.8 Å². The normalized spacial score (nSPS) is 10.7. The third-order valence-electron chi connectivity index (χ3n) is 4.09. The van der Waals surface area contributed by atoms with Crippen LogP contribution in [-0.4, -0.2) is 46.3 Å². The van der Waals surface area contributed by atoms with Gasteiger partial charge in [-0.05, 0) is 30.7 Å². The molecule has 0 bridgehead atoms. The third-order valence-corrected chi connectivity index (χ3v) is 4.09. The third kappa shape index (κ3) is 5.05. The number of benzene rings is 2. The number of hydrogen-bond acceptors (Lipinski definition) is 5. The van der Waals surface area contributed by atoms with E-state index >= 15 is 0 Å². The number of carbonyl (C=O) groups is 1. The first-order valence-electron chi connectivity index (χ1n) is 8.30. The van der Waals surface area contributed by atoms with Gasteiger partial charge in [-0.15, -0.1) is 0 Å².